The van der Waals surface area contributed by atoms with Crippen molar-refractivity contribution < 1.29 is 9.47 Å². The number of nitrogens with zero attached hydrogens (tertiary/aromatic N) is 2. The average Bonchev–Trinajstić information content (AvgIpc) is 3.46. The van der Waals surface area contributed by atoms with Gasteiger partial charge < -0.3 is 25.1 Å². The van der Waals surface area contributed by atoms with Crippen molar-refractivity contribution in [1.82, 2.24) is 5.01 Å². The Morgan fingerprint density at radius 3 is 2.61 bits per heavy atom. The number of hydrazine groups is 1. The molecule has 1 aliphatic heterocycles. The van der Waals surface area contributed by atoms with Crippen molar-refractivity contribution >= 4 is 5.69 Å². The van der Waals surface area contributed by atoms with Crippen LogP contribution >= 0.6 is 0 Å². The average molecular weight is 385 g/mol. The van der Waals surface area contributed by atoms with E-state index in [1.807, 2.05) is 11.9 Å². The third-order valence-electron chi connectivity index (χ3n) is 4.93. The van der Waals surface area contributed by atoms with Crippen LogP contribution in [-0.4, -0.2) is 38.1 Å². The van der Waals surface area contributed by atoms with Crippen molar-refractivity contribution in [3.05, 3.63) is 41.3 Å². The first-order valence-corrected chi connectivity index (χ1v) is 9.81. The van der Waals surface area contributed by atoms with Crippen LogP contribution < -0.4 is 16.5 Å². The van der Waals surface area contributed by atoms with E-state index in [1.54, 1.807) is 6.20 Å². The Kier molecular flexibility index (Phi) is 6.19. The molecule has 28 heavy (non-hydrogen) atoms. The lowest BCUT2D eigenvalue weighted by Crippen LogP contribution is -2.45. The molecule has 0 aromatic heterocycles. The second-order valence-corrected chi connectivity index (χ2v) is 8.57. The van der Waals surface area contributed by atoms with E-state index in [1.165, 1.54) is 17.9 Å². The number of anilines is 1. The highest BCUT2D eigenvalue weighted by Crippen LogP contribution is 2.28. The second kappa shape index (κ2) is 8.44. The summed E-state index contributed by atoms with van der Waals surface area (Å²) >= 11 is 0. The van der Waals surface area contributed by atoms with E-state index in [2.05, 4.69) is 50.8 Å². The van der Waals surface area contributed by atoms with Crippen molar-refractivity contribution in [2.45, 2.75) is 39.9 Å². The lowest BCUT2D eigenvalue weighted by Gasteiger charge is -2.35. The van der Waals surface area contributed by atoms with E-state index < -0.39 is 0 Å². The number of aryl methyl sites for hydroxylation is 1. The maximum absolute atomic E-state index is 6.30. The SMILES string of the molecule is Cc1ccc(C#CC2CC2)cc1N(C)/C(N)=C/N(N)CC1OCC(C)(C)CO1. The van der Waals surface area contributed by atoms with Gasteiger partial charge in [-0.2, -0.15) is 0 Å². The molecule has 0 spiro atoms. The molecule has 0 bridgehead atoms. The first-order valence-electron chi connectivity index (χ1n) is 9.81. The Bertz CT molecular complexity index is 779. The van der Waals surface area contributed by atoms with Crippen LogP contribution in [0, 0.1) is 30.1 Å². The molecule has 1 saturated heterocycles. The highest BCUT2D eigenvalue weighted by molar-refractivity contribution is 5.60. The van der Waals surface area contributed by atoms with Gasteiger partial charge in [0.15, 0.2) is 6.29 Å². The lowest BCUT2D eigenvalue weighted by molar-refractivity contribution is -0.225. The molecule has 1 heterocycles. The quantitative estimate of drug-likeness (QED) is 0.462. The summed E-state index contributed by atoms with van der Waals surface area (Å²) in [5, 5.41) is 1.51. The monoisotopic (exact) mass is 384 g/mol. The number of ether oxygens (including phenoxy) is 2. The van der Waals surface area contributed by atoms with Crippen molar-refractivity contribution in [3.63, 3.8) is 0 Å². The van der Waals surface area contributed by atoms with Crippen molar-refractivity contribution in [3.8, 4) is 11.8 Å². The zero-order chi connectivity index (χ0) is 20.3. The Morgan fingerprint density at radius 2 is 1.96 bits per heavy atom. The Morgan fingerprint density at radius 1 is 1.29 bits per heavy atom. The predicted octanol–water partition coefficient (Wildman–Crippen LogP) is 2.53. The smallest absolute Gasteiger partial charge is 0.176 e. The topological polar surface area (TPSA) is 77.0 Å². The Balaban J connectivity index is 1.63. The predicted molar refractivity (Wildman–Crippen MR) is 112 cm³/mol. The fourth-order valence-electron chi connectivity index (χ4n) is 2.91. The van der Waals surface area contributed by atoms with Gasteiger partial charge in [0, 0.05) is 29.6 Å². The van der Waals surface area contributed by atoms with Gasteiger partial charge >= 0.3 is 0 Å². The van der Waals surface area contributed by atoms with Crippen LogP contribution in [0.15, 0.2) is 30.2 Å². The second-order valence-electron chi connectivity index (χ2n) is 8.57. The van der Waals surface area contributed by atoms with Gasteiger partial charge in [-0.15, -0.1) is 0 Å². The molecule has 1 saturated carbocycles. The molecular formula is C22H32N4O2. The molecule has 6 heteroatoms. The van der Waals surface area contributed by atoms with Crippen LogP contribution in [0.4, 0.5) is 5.69 Å². The summed E-state index contributed by atoms with van der Waals surface area (Å²) in [7, 11) is 1.93. The van der Waals surface area contributed by atoms with E-state index in [9.17, 15) is 0 Å². The number of rotatable bonds is 5. The molecule has 0 atom stereocenters. The van der Waals surface area contributed by atoms with Crippen molar-refractivity contribution in [1.29, 1.82) is 0 Å². The summed E-state index contributed by atoms with van der Waals surface area (Å²) < 4.78 is 11.5. The zero-order valence-electron chi connectivity index (χ0n) is 17.4. The van der Waals surface area contributed by atoms with Crippen molar-refractivity contribution in [2.75, 3.05) is 31.7 Å². The molecule has 1 aromatic carbocycles. The summed E-state index contributed by atoms with van der Waals surface area (Å²) in [5.41, 5.74) is 9.47. The van der Waals surface area contributed by atoms with E-state index in [4.69, 9.17) is 21.1 Å². The largest absolute Gasteiger partial charge is 0.384 e. The third-order valence-corrected chi connectivity index (χ3v) is 4.93. The third kappa shape index (κ3) is 5.65. The lowest BCUT2D eigenvalue weighted by atomic mass is 9.96. The van der Waals surface area contributed by atoms with Crippen molar-refractivity contribution in [2.24, 2.45) is 22.9 Å². The minimum atomic E-state index is -0.352. The molecule has 2 fully saturated rings. The van der Waals surface area contributed by atoms with Crippen LogP contribution in [0.25, 0.3) is 0 Å². The maximum Gasteiger partial charge on any atom is 0.176 e. The number of hydrogen-bond donors (Lipinski definition) is 2. The van der Waals surface area contributed by atoms with Gasteiger partial charge in [-0.25, -0.2) is 5.84 Å². The first-order chi connectivity index (χ1) is 13.2. The molecule has 152 valence electrons. The highest BCUT2D eigenvalue weighted by Gasteiger charge is 2.28. The molecule has 1 aliphatic carbocycles. The van der Waals surface area contributed by atoms with Crippen LogP contribution in [0.1, 0.15) is 37.8 Å². The normalized spacial score (nSPS) is 19.7. The van der Waals surface area contributed by atoms with Gasteiger partial charge in [0.2, 0.25) is 0 Å². The molecule has 2 aliphatic rings. The first kappa shape index (κ1) is 20.5. The van der Waals surface area contributed by atoms with Crippen LogP contribution in [-0.2, 0) is 9.47 Å². The maximum atomic E-state index is 6.30. The summed E-state index contributed by atoms with van der Waals surface area (Å²) in [5.74, 6) is 13.8. The van der Waals surface area contributed by atoms with Crippen LogP contribution in [0.3, 0.4) is 0 Å². The molecule has 6 nitrogen and oxygen atoms in total. The Labute approximate surface area is 168 Å². The number of benzene rings is 1. The minimum absolute atomic E-state index is 0.0377. The standard InChI is InChI=1S/C22H32N4O2/c1-16-5-6-18(10-9-17-7-8-17)11-19(16)25(4)20(23)12-26(24)13-21-27-14-22(2,3)15-28-21/h5-6,11-12,17,21H,7-8,13-15,23-24H2,1-4H3/b20-12+. The van der Waals surface area contributed by atoms with E-state index in [-0.39, 0.29) is 11.7 Å². The summed E-state index contributed by atoms with van der Waals surface area (Å²) in [6, 6.07) is 6.19. The van der Waals surface area contributed by atoms with Crippen LogP contribution in [0.2, 0.25) is 0 Å². The van der Waals surface area contributed by atoms with Gasteiger partial charge in [0.1, 0.15) is 5.82 Å². The Hall–Kier alpha value is -2.20. The molecule has 1 aromatic rings. The summed E-state index contributed by atoms with van der Waals surface area (Å²) in [6.45, 7) is 8.00. The van der Waals surface area contributed by atoms with Gasteiger partial charge in [0.25, 0.3) is 0 Å². The fourth-order valence-corrected chi connectivity index (χ4v) is 2.91. The van der Waals surface area contributed by atoms with E-state index in [0.717, 1.165) is 16.8 Å². The summed E-state index contributed by atoms with van der Waals surface area (Å²) in [4.78, 5) is 1.92. The van der Waals surface area contributed by atoms with E-state index in [0.29, 0.717) is 31.5 Å². The molecule has 0 amide bonds. The van der Waals surface area contributed by atoms with Gasteiger partial charge in [-0.1, -0.05) is 31.8 Å². The van der Waals surface area contributed by atoms with Gasteiger partial charge in [-0.3, -0.25) is 0 Å². The summed E-state index contributed by atoms with van der Waals surface area (Å²) in [6.07, 6.45) is 3.79. The minimum Gasteiger partial charge on any atom is -0.384 e. The molecule has 3 rings (SSSR count). The van der Waals surface area contributed by atoms with E-state index >= 15 is 0 Å². The molecular weight excluding hydrogens is 352 g/mol. The molecule has 0 radical (unpaired) electrons. The zero-order valence-corrected chi connectivity index (χ0v) is 17.4. The molecule has 0 unspecified atom stereocenters. The molecule has 4 N–H and O–H groups in total. The fraction of sp³-hybridized carbons (Fsp3) is 0.545. The number of nitrogens with two attached hydrogens (primary N) is 2. The number of hydrogen-bond acceptors (Lipinski definition) is 6. The van der Waals surface area contributed by atoms with Gasteiger partial charge in [0.05, 0.1) is 26.0 Å². The highest BCUT2D eigenvalue weighted by atomic mass is 16.7. The van der Waals surface area contributed by atoms with Gasteiger partial charge in [-0.05, 0) is 37.5 Å². The van der Waals surface area contributed by atoms with Crippen LogP contribution in [0.5, 0.6) is 0 Å².